The Labute approximate surface area is 94.9 Å². The van der Waals surface area contributed by atoms with E-state index in [4.69, 9.17) is 16.7 Å². The molecule has 0 saturated carbocycles. The van der Waals surface area contributed by atoms with Crippen LogP contribution in [0.25, 0.3) is 5.69 Å². The number of rotatable bonds is 2. The van der Waals surface area contributed by atoms with Gasteiger partial charge in [-0.3, -0.25) is 0 Å². The summed E-state index contributed by atoms with van der Waals surface area (Å²) in [5.74, 6) is -1.60. The van der Waals surface area contributed by atoms with Gasteiger partial charge in [-0.2, -0.15) is 0 Å². The molecule has 0 radical (unpaired) electrons. The molecule has 2 rings (SSSR count). The Kier molecular flexibility index (Phi) is 2.62. The molecule has 0 fully saturated rings. The van der Waals surface area contributed by atoms with E-state index in [2.05, 4.69) is 4.98 Å². The van der Waals surface area contributed by atoms with Crippen molar-refractivity contribution < 1.29 is 14.3 Å². The van der Waals surface area contributed by atoms with Crippen molar-refractivity contribution in [2.24, 2.45) is 0 Å². The van der Waals surface area contributed by atoms with Crippen LogP contribution in [0.2, 0.25) is 5.02 Å². The van der Waals surface area contributed by atoms with Crippen LogP contribution < -0.4 is 0 Å². The number of aromatic carboxylic acids is 1. The maximum Gasteiger partial charge on any atom is 0.356 e. The summed E-state index contributed by atoms with van der Waals surface area (Å²) in [6.07, 6.45) is 2.53. The molecule has 0 bridgehead atoms. The average Bonchev–Trinajstić information content (AvgIpc) is 2.70. The topological polar surface area (TPSA) is 55.1 Å². The van der Waals surface area contributed by atoms with Gasteiger partial charge in [-0.15, -0.1) is 0 Å². The molecule has 0 amide bonds. The summed E-state index contributed by atoms with van der Waals surface area (Å²) in [6.45, 7) is 0. The number of carbonyl (C=O) groups is 1. The van der Waals surface area contributed by atoms with Crippen LogP contribution in [0.4, 0.5) is 4.39 Å². The van der Waals surface area contributed by atoms with Crippen molar-refractivity contribution in [3.8, 4) is 5.69 Å². The van der Waals surface area contributed by atoms with E-state index < -0.39 is 11.8 Å². The molecular weight excluding hydrogens is 235 g/mol. The van der Waals surface area contributed by atoms with Gasteiger partial charge in [0.15, 0.2) is 5.69 Å². The van der Waals surface area contributed by atoms with Gasteiger partial charge in [-0.1, -0.05) is 11.6 Å². The van der Waals surface area contributed by atoms with Crippen LogP contribution >= 0.6 is 11.6 Å². The minimum absolute atomic E-state index is 0.125. The van der Waals surface area contributed by atoms with Gasteiger partial charge < -0.3 is 9.67 Å². The first-order valence-electron chi connectivity index (χ1n) is 4.30. The molecule has 0 unspecified atom stereocenters. The second kappa shape index (κ2) is 3.94. The third-order valence-electron chi connectivity index (χ3n) is 1.99. The highest BCUT2D eigenvalue weighted by molar-refractivity contribution is 6.32. The summed E-state index contributed by atoms with van der Waals surface area (Å²) in [6, 6.07) is 3.82. The Morgan fingerprint density at radius 2 is 2.25 bits per heavy atom. The summed E-state index contributed by atoms with van der Waals surface area (Å²) in [5, 5.41) is 9.00. The van der Waals surface area contributed by atoms with Crippen LogP contribution in [0.5, 0.6) is 0 Å². The van der Waals surface area contributed by atoms with Gasteiger partial charge in [-0.25, -0.2) is 14.2 Å². The molecule has 4 nitrogen and oxygen atoms in total. The molecule has 1 N–H and O–H groups in total. The monoisotopic (exact) mass is 240 g/mol. The van der Waals surface area contributed by atoms with Crippen LogP contribution in [0, 0.1) is 5.82 Å². The molecule has 0 aliphatic heterocycles. The number of halogens is 2. The zero-order valence-corrected chi connectivity index (χ0v) is 8.65. The number of aromatic nitrogens is 2. The highest BCUT2D eigenvalue weighted by Gasteiger charge is 2.10. The number of carboxylic acid groups (broad SMARTS) is 1. The quantitative estimate of drug-likeness (QED) is 0.877. The lowest BCUT2D eigenvalue weighted by Crippen LogP contribution is -1.96. The molecule has 0 saturated heterocycles. The lowest BCUT2D eigenvalue weighted by atomic mass is 10.3. The van der Waals surface area contributed by atoms with Crippen molar-refractivity contribution in [2.75, 3.05) is 0 Å². The van der Waals surface area contributed by atoms with E-state index in [0.717, 1.165) is 0 Å². The molecule has 1 heterocycles. The number of benzene rings is 1. The van der Waals surface area contributed by atoms with E-state index in [1.807, 2.05) is 0 Å². The average molecular weight is 241 g/mol. The van der Waals surface area contributed by atoms with Gasteiger partial charge in [0.2, 0.25) is 0 Å². The van der Waals surface area contributed by atoms with E-state index in [9.17, 15) is 9.18 Å². The van der Waals surface area contributed by atoms with Gasteiger partial charge in [-0.05, 0) is 18.2 Å². The van der Waals surface area contributed by atoms with Gasteiger partial charge >= 0.3 is 5.97 Å². The molecule has 0 spiro atoms. The summed E-state index contributed by atoms with van der Waals surface area (Å²) in [7, 11) is 0. The Hall–Kier alpha value is -1.88. The van der Waals surface area contributed by atoms with Crippen molar-refractivity contribution in [1.29, 1.82) is 0 Å². The number of nitrogens with zero attached hydrogens (tertiary/aromatic N) is 2. The first-order chi connectivity index (χ1) is 7.58. The Morgan fingerprint density at radius 3 is 2.88 bits per heavy atom. The zero-order valence-electron chi connectivity index (χ0n) is 7.89. The molecule has 0 aliphatic carbocycles. The van der Waals surface area contributed by atoms with E-state index in [1.165, 1.54) is 35.3 Å². The lowest BCUT2D eigenvalue weighted by molar-refractivity contribution is 0.0691. The van der Waals surface area contributed by atoms with Crippen molar-refractivity contribution in [3.05, 3.63) is 47.3 Å². The summed E-state index contributed by atoms with van der Waals surface area (Å²) in [5.41, 5.74) is 0.224. The van der Waals surface area contributed by atoms with Crippen LogP contribution in [0.3, 0.4) is 0 Å². The fourth-order valence-corrected chi connectivity index (χ4v) is 1.46. The highest BCUT2D eigenvalue weighted by Crippen LogP contribution is 2.21. The van der Waals surface area contributed by atoms with Gasteiger partial charge in [0.05, 0.1) is 10.7 Å². The van der Waals surface area contributed by atoms with Crippen LogP contribution in [-0.4, -0.2) is 20.6 Å². The normalized spacial score (nSPS) is 10.4. The van der Waals surface area contributed by atoms with Crippen LogP contribution in [-0.2, 0) is 0 Å². The van der Waals surface area contributed by atoms with Gasteiger partial charge in [0.1, 0.15) is 12.1 Å². The molecule has 82 valence electrons. The predicted octanol–water partition coefficient (Wildman–Crippen LogP) is 2.36. The predicted molar refractivity (Wildman–Crippen MR) is 55.5 cm³/mol. The Balaban J connectivity index is 2.50. The fraction of sp³-hybridized carbons (Fsp3) is 0. The maximum atomic E-state index is 13.0. The number of carboxylic acids is 1. The lowest BCUT2D eigenvalue weighted by Gasteiger charge is -2.04. The Morgan fingerprint density at radius 1 is 1.50 bits per heavy atom. The van der Waals surface area contributed by atoms with Crippen LogP contribution in [0.15, 0.2) is 30.7 Å². The smallest absolute Gasteiger partial charge is 0.356 e. The minimum Gasteiger partial charge on any atom is -0.476 e. The third kappa shape index (κ3) is 1.90. The second-order valence-electron chi connectivity index (χ2n) is 3.07. The molecule has 2 aromatic rings. The van der Waals surface area contributed by atoms with Gasteiger partial charge in [0.25, 0.3) is 0 Å². The third-order valence-corrected chi connectivity index (χ3v) is 2.31. The zero-order chi connectivity index (χ0) is 11.7. The Bertz CT molecular complexity index is 554. The molecule has 1 aromatic heterocycles. The molecule has 0 aliphatic rings. The number of imidazole rings is 1. The van der Waals surface area contributed by atoms with Crippen molar-refractivity contribution in [2.45, 2.75) is 0 Å². The van der Waals surface area contributed by atoms with E-state index >= 15 is 0 Å². The van der Waals surface area contributed by atoms with E-state index in [1.54, 1.807) is 0 Å². The standard InChI is InChI=1S/C10H6ClFN2O2/c11-7-2-1-6(12)3-9(7)14-4-8(10(15)16)13-5-14/h1-5H,(H,15,16). The van der Waals surface area contributed by atoms with E-state index in [0.29, 0.717) is 10.7 Å². The molecule has 0 atom stereocenters. The molecular formula is C10H6ClFN2O2. The first-order valence-corrected chi connectivity index (χ1v) is 4.68. The molecule has 1 aromatic carbocycles. The molecule has 6 heteroatoms. The number of hydrogen-bond acceptors (Lipinski definition) is 2. The SMILES string of the molecule is O=C(O)c1cn(-c2cc(F)ccc2Cl)cn1. The summed E-state index contributed by atoms with van der Waals surface area (Å²) < 4.78 is 14.3. The maximum absolute atomic E-state index is 13.0. The van der Waals surface area contributed by atoms with Crippen molar-refractivity contribution in [3.63, 3.8) is 0 Å². The highest BCUT2D eigenvalue weighted by atomic mass is 35.5. The fourth-order valence-electron chi connectivity index (χ4n) is 1.25. The summed E-state index contributed by atoms with van der Waals surface area (Å²) in [4.78, 5) is 14.3. The van der Waals surface area contributed by atoms with Crippen LogP contribution in [0.1, 0.15) is 10.5 Å². The second-order valence-corrected chi connectivity index (χ2v) is 3.47. The van der Waals surface area contributed by atoms with Gasteiger partial charge in [0, 0.05) is 6.20 Å². The van der Waals surface area contributed by atoms with Crippen molar-refractivity contribution in [1.82, 2.24) is 9.55 Å². The number of hydrogen-bond donors (Lipinski definition) is 1. The summed E-state index contributed by atoms with van der Waals surface area (Å²) >= 11 is 5.86. The van der Waals surface area contributed by atoms with Crippen molar-refractivity contribution >= 4 is 17.6 Å². The largest absolute Gasteiger partial charge is 0.476 e. The minimum atomic E-state index is -1.15. The molecule has 16 heavy (non-hydrogen) atoms. The first kappa shape index (κ1) is 10.6. The van der Waals surface area contributed by atoms with E-state index in [-0.39, 0.29) is 5.69 Å².